The zero-order valence-electron chi connectivity index (χ0n) is 33.5. The van der Waals surface area contributed by atoms with Crippen LogP contribution in [0.2, 0.25) is 0 Å². The van der Waals surface area contributed by atoms with E-state index in [1.807, 2.05) is 19.9 Å². The number of nitrogens with zero attached hydrogens (tertiary/aromatic N) is 3. The summed E-state index contributed by atoms with van der Waals surface area (Å²) < 4.78 is 30.8. The molecule has 4 heterocycles. The van der Waals surface area contributed by atoms with Crippen LogP contribution < -0.4 is 33.5 Å². The van der Waals surface area contributed by atoms with Crippen LogP contribution in [-0.2, 0) is 23.7 Å². The van der Waals surface area contributed by atoms with E-state index in [2.05, 4.69) is 15.3 Å². The molecule has 2 aliphatic heterocycles. The summed E-state index contributed by atoms with van der Waals surface area (Å²) >= 11 is 0. The molecule has 19 heteroatoms. The van der Waals surface area contributed by atoms with E-state index in [4.69, 9.17) is 34.7 Å². The fourth-order valence-electron chi connectivity index (χ4n) is 6.52. The maximum Gasteiger partial charge on any atom is 0.407 e. The molecule has 1 amide bonds. The summed E-state index contributed by atoms with van der Waals surface area (Å²) in [6.07, 6.45) is 5.24. The van der Waals surface area contributed by atoms with E-state index >= 15 is 0 Å². The van der Waals surface area contributed by atoms with Crippen molar-refractivity contribution in [1.82, 2.24) is 24.4 Å². The molecule has 0 radical (unpaired) electrons. The summed E-state index contributed by atoms with van der Waals surface area (Å²) in [6.45, 7) is 9.09. The topological polar surface area (TPSA) is 275 Å². The van der Waals surface area contributed by atoms with Crippen molar-refractivity contribution in [2.24, 2.45) is 5.73 Å². The number of rotatable bonds is 21. The number of H-pyrrole nitrogens is 2. The lowest BCUT2D eigenvalue weighted by Crippen LogP contribution is -2.39. The minimum Gasteiger partial charge on any atom is -0.448 e. The fourth-order valence-corrected chi connectivity index (χ4v) is 6.52. The maximum atomic E-state index is 12.3. The van der Waals surface area contributed by atoms with Gasteiger partial charge in [0.2, 0.25) is 0 Å². The van der Waals surface area contributed by atoms with Gasteiger partial charge in [-0.25, -0.2) is 14.4 Å². The Kier molecular flexibility index (Phi) is 20.4. The number of amides is 1. The zero-order chi connectivity index (χ0) is 41.9. The van der Waals surface area contributed by atoms with Gasteiger partial charge < -0.3 is 44.9 Å². The molecule has 0 saturated carbocycles. The lowest BCUT2D eigenvalue weighted by molar-refractivity contribution is -0.0715. The summed E-state index contributed by atoms with van der Waals surface area (Å²) in [5, 5.41) is 32.1. The van der Waals surface area contributed by atoms with Crippen molar-refractivity contribution in [2.75, 3.05) is 32.9 Å². The minimum absolute atomic E-state index is 0.0844. The number of alkyl carbamates (subject to hydrolysis) is 1. The van der Waals surface area contributed by atoms with Crippen LogP contribution in [0.25, 0.3) is 0 Å². The molecule has 2 aromatic heterocycles. The van der Waals surface area contributed by atoms with Crippen LogP contribution in [0.1, 0.15) is 108 Å². The molecular weight excluding hydrogens is 746 g/mol. The molecule has 0 bridgehead atoms. The third kappa shape index (κ3) is 14.0. The first-order valence-corrected chi connectivity index (χ1v) is 19.9. The highest BCUT2D eigenvalue weighted by molar-refractivity contribution is 5.67. The van der Waals surface area contributed by atoms with Gasteiger partial charge >= 0.3 is 17.5 Å². The summed E-state index contributed by atoms with van der Waals surface area (Å²) in [6, 6.07) is 1.90. The molecule has 0 aliphatic carbocycles. The van der Waals surface area contributed by atoms with Gasteiger partial charge in [0.1, 0.15) is 31.0 Å². The predicted molar refractivity (Wildman–Crippen MR) is 208 cm³/mol. The first-order chi connectivity index (χ1) is 27.4. The van der Waals surface area contributed by atoms with Crippen LogP contribution >= 0.6 is 0 Å². The first kappa shape index (κ1) is 47.2. The third-order valence-electron chi connectivity index (χ3n) is 9.78. The second-order valence-corrected chi connectivity index (χ2v) is 14.1. The average molecular weight is 808 g/mol. The Bertz CT molecular complexity index is 1800. The molecule has 2 saturated heterocycles. The number of aliphatic hydroxyl groups is 2. The van der Waals surface area contributed by atoms with Crippen molar-refractivity contribution >= 4 is 6.09 Å². The van der Waals surface area contributed by atoms with Crippen molar-refractivity contribution < 1.29 is 38.7 Å². The van der Waals surface area contributed by atoms with Crippen molar-refractivity contribution in [2.45, 2.75) is 147 Å². The van der Waals surface area contributed by atoms with Crippen molar-refractivity contribution in [1.29, 1.82) is 5.26 Å². The highest BCUT2D eigenvalue weighted by Gasteiger charge is 2.46. The minimum atomic E-state index is -0.889. The molecule has 4 rings (SSSR count). The molecule has 4 unspecified atom stereocenters. The molecule has 8 atom stereocenters. The van der Waals surface area contributed by atoms with Gasteiger partial charge in [-0.3, -0.25) is 28.7 Å². The Morgan fingerprint density at radius 2 is 1.25 bits per heavy atom. The van der Waals surface area contributed by atoms with E-state index in [1.165, 1.54) is 21.5 Å². The summed E-state index contributed by atoms with van der Waals surface area (Å²) in [5.74, 6) is 0. The van der Waals surface area contributed by atoms with E-state index < -0.39 is 77.7 Å². The molecule has 57 heavy (non-hydrogen) atoms. The monoisotopic (exact) mass is 807 g/mol. The number of aliphatic hydroxyl groups excluding tert-OH is 2. The molecular formula is C38H61N7O12. The van der Waals surface area contributed by atoms with Crippen LogP contribution in [0.5, 0.6) is 0 Å². The van der Waals surface area contributed by atoms with E-state index in [9.17, 15) is 34.2 Å². The van der Waals surface area contributed by atoms with Gasteiger partial charge in [0.25, 0.3) is 11.1 Å². The number of unbranched alkanes of at least 4 members (excludes halogenated alkanes) is 6. The summed E-state index contributed by atoms with van der Waals surface area (Å²) in [5.41, 5.74) is 4.17. The molecule has 19 nitrogen and oxygen atoms in total. The smallest absolute Gasteiger partial charge is 0.407 e. The quantitative estimate of drug-likeness (QED) is 0.0977. The normalized spacial score (nSPS) is 24.1. The molecule has 7 N–H and O–H groups in total. The highest BCUT2D eigenvalue weighted by atomic mass is 16.6. The van der Waals surface area contributed by atoms with Crippen LogP contribution in [-0.4, -0.2) is 105 Å². The lowest BCUT2D eigenvalue weighted by atomic mass is 10.1. The average Bonchev–Trinajstić information content (AvgIpc) is 3.68. The highest BCUT2D eigenvalue weighted by Crippen LogP contribution is 2.33. The third-order valence-corrected chi connectivity index (χ3v) is 9.78. The van der Waals surface area contributed by atoms with Gasteiger partial charge in [-0.2, -0.15) is 5.26 Å². The van der Waals surface area contributed by atoms with Crippen LogP contribution in [0, 0.1) is 25.2 Å². The largest absolute Gasteiger partial charge is 0.448 e. The number of carbonyl (C=O) groups excluding carboxylic acids is 1. The van der Waals surface area contributed by atoms with Gasteiger partial charge in [0.15, 0.2) is 12.5 Å². The molecule has 320 valence electrons. The predicted octanol–water partition coefficient (Wildman–Crippen LogP) is 1.52. The van der Waals surface area contributed by atoms with E-state index in [0.717, 1.165) is 51.4 Å². The Labute approximate surface area is 331 Å². The second kappa shape index (κ2) is 24.6. The van der Waals surface area contributed by atoms with Gasteiger partial charge in [-0.1, -0.05) is 39.5 Å². The number of aromatic amines is 2. The van der Waals surface area contributed by atoms with Gasteiger partial charge in [-0.15, -0.1) is 0 Å². The van der Waals surface area contributed by atoms with E-state index in [1.54, 1.807) is 13.8 Å². The second-order valence-electron chi connectivity index (χ2n) is 14.1. The van der Waals surface area contributed by atoms with Crippen molar-refractivity contribution in [3.05, 3.63) is 65.2 Å². The zero-order valence-corrected chi connectivity index (χ0v) is 33.5. The van der Waals surface area contributed by atoms with E-state index in [0.29, 0.717) is 50.3 Å². The number of nitriles is 1. The Balaban J connectivity index is 0.000000315. The van der Waals surface area contributed by atoms with Crippen molar-refractivity contribution in [3.8, 4) is 6.07 Å². The molecule has 2 aromatic rings. The molecule has 0 spiro atoms. The Morgan fingerprint density at radius 3 is 1.68 bits per heavy atom. The Morgan fingerprint density at radius 1 is 0.789 bits per heavy atom. The number of hydrogen-bond acceptors (Lipinski definition) is 14. The number of hydrogen-bond donors (Lipinski definition) is 6. The number of nitrogens with two attached hydrogens (primary N) is 1. The van der Waals surface area contributed by atoms with Gasteiger partial charge in [-0.05, 0) is 58.9 Å². The van der Waals surface area contributed by atoms with Gasteiger partial charge in [0.05, 0.1) is 24.7 Å². The summed E-state index contributed by atoms with van der Waals surface area (Å²) in [7, 11) is 0. The lowest BCUT2D eigenvalue weighted by Gasteiger charge is -2.22. The van der Waals surface area contributed by atoms with Crippen LogP contribution in [0.3, 0.4) is 0 Å². The molecule has 2 aliphatic rings. The van der Waals surface area contributed by atoms with Gasteiger partial charge in [0, 0.05) is 43.3 Å². The molecule has 0 aromatic carbocycles. The number of carbonyl (C=O) groups is 1. The Hall–Kier alpha value is -4.16. The van der Waals surface area contributed by atoms with Crippen LogP contribution in [0.4, 0.5) is 4.79 Å². The number of aromatic nitrogens is 4. The summed E-state index contributed by atoms with van der Waals surface area (Å²) in [4.78, 5) is 63.5. The first-order valence-electron chi connectivity index (χ1n) is 19.9. The van der Waals surface area contributed by atoms with E-state index in [-0.39, 0.29) is 13.0 Å². The van der Waals surface area contributed by atoms with Crippen LogP contribution in [0.15, 0.2) is 31.6 Å². The molecule has 2 fully saturated rings. The number of aryl methyl sites for hydroxylation is 2. The SMILES string of the molecule is CC[C@H]1O[C@@H](n2cc(C)c(=O)[nH]c2=O)C(OCCCCCCN)C1O.CC[C@H]1O[C@@H](n2cc(C)c(=O)[nH]c2=O)C(OCCCCCCNC(=O)OCCC#N)C1O. The standard InChI is InChI=1S/C21H32N4O7.C17H29N3O5/c1-3-15-16(26)17(19(32-15)25-13-14(2)18(27)24-20(25)28)30-11-7-5-4-6-10-23-21(29)31-12-8-9-22;1-3-12-13(21)14(24-9-7-5-4-6-8-18)16(25-12)20-10-11(2)15(22)19-17(20)23/h13,15-17,19,26H,3-8,10-12H2,1-2H3,(H,23,29)(H,24,27,28);10,12-14,16,21H,3-9,18H2,1-2H3,(H,19,22,23)/t15-,16?,17?,19-;12-,13?,14?,16-/m11/s1. The van der Waals surface area contributed by atoms with Crippen molar-refractivity contribution in [3.63, 3.8) is 0 Å². The maximum absolute atomic E-state index is 12.3. The fraction of sp³-hybridized carbons (Fsp3) is 0.737. The number of nitrogens with one attached hydrogen (secondary N) is 3. The number of ether oxygens (including phenoxy) is 5.